The molecule has 1 unspecified atom stereocenters. The average molecular weight is 566 g/mol. The highest BCUT2D eigenvalue weighted by Crippen LogP contribution is 2.30. The number of esters is 1. The fourth-order valence-corrected chi connectivity index (χ4v) is 5.93. The van der Waals surface area contributed by atoms with Gasteiger partial charge >= 0.3 is 5.97 Å². The van der Waals surface area contributed by atoms with Crippen LogP contribution in [-0.2, 0) is 19.1 Å². The molecular weight excluding hydrogens is 518 g/mol. The quantitative estimate of drug-likeness (QED) is 0.352. The molecule has 2 N–H and O–H groups in total. The van der Waals surface area contributed by atoms with E-state index in [1.165, 1.54) is 18.3 Å². The lowest BCUT2D eigenvalue weighted by Crippen LogP contribution is -2.60. The number of nitrogens with zero attached hydrogens (tertiary/aromatic N) is 3. The van der Waals surface area contributed by atoms with Crippen molar-refractivity contribution in [3.8, 4) is 0 Å². The Bertz CT molecular complexity index is 1010. The Labute approximate surface area is 237 Å². The molecular formula is C28H47N5O5S. The van der Waals surface area contributed by atoms with E-state index in [4.69, 9.17) is 4.74 Å². The van der Waals surface area contributed by atoms with E-state index in [9.17, 15) is 19.2 Å². The highest BCUT2D eigenvalue weighted by Gasteiger charge is 2.43. The number of nitrogens with one attached hydrogen (secondary N) is 2. The van der Waals surface area contributed by atoms with Crippen LogP contribution >= 0.6 is 11.3 Å². The average Bonchev–Trinajstić information content (AvgIpc) is 3.51. The van der Waals surface area contributed by atoms with Crippen LogP contribution in [0.3, 0.4) is 0 Å². The third-order valence-corrected chi connectivity index (χ3v) is 8.99. The van der Waals surface area contributed by atoms with Crippen molar-refractivity contribution in [3.05, 3.63) is 16.1 Å². The Morgan fingerprint density at radius 2 is 1.87 bits per heavy atom. The molecule has 1 fully saturated rings. The van der Waals surface area contributed by atoms with E-state index >= 15 is 0 Å². The standard InChI is InChI=1S/C28H47N5O5S/c1-10-18(5)23(31-27(37)28(7)13-12-14-32(28)8)25(35)33(9)22(17(3)4)15-20(29-19(6)34)24-30-21(16-39-24)26(36)38-11-2/h16-18,20,22-23H,10-15H2,1-9H3,(H,29,34)(H,31,37)/t18?,20-,22-,23+,28-/m1/s1. The highest BCUT2D eigenvalue weighted by atomic mass is 32.1. The first-order valence-electron chi connectivity index (χ1n) is 13.9. The molecule has 0 spiro atoms. The van der Waals surface area contributed by atoms with Gasteiger partial charge in [0.25, 0.3) is 0 Å². The molecule has 1 aromatic rings. The van der Waals surface area contributed by atoms with Crippen LogP contribution in [0.25, 0.3) is 0 Å². The zero-order valence-corrected chi connectivity index (χ0v) is 25.8. The maximum Gasteiger partial charge on any atom is 0.357 e. The monoisotopic (exact) mass is 565 g/mol. The first kappa shape index (κ1) is 32.7. The van der Waals surface area contributed by atoms with E-state index < -0.39 is 23.6 Å². The van der Waals surface area contributed by atoms with Crippen LogP contribution in [0.5, 0.6) is 0 Å². The van der Waals surface area contributed by atoms with Crippen LogP contribution < -0.4 is 10.6 Å². The number of rotatable bonds is 13. The molecule has 0 radical (unpaired) electrons. The zero-order chi connectivity index (χ0) is 29.5. The fraction of sp³-hybridized carbons (Fsp3) is 0.750. The summed E-state index contributed by atoms with van der Waals surface area (Å²) in [5, 5.41) is 8.24. The summed E-state index contributed by atoms with van der Waals surface area (Å²) in [6, 6.07) is -1.44. The third kappa shape index (κ3) is 8.00. The van der Waals surface area contributed by atoms with Gasteiger partial charge in [0.05, 0.1) is 18.2 Å². The summed E-state index contributed by atoms with van der Waals surface area (Å²) in [5.41, 5.74) is -0.442. The first-order chi connectivity index (χ1) is 18.3. The Morgan fingerprint density at radius 3 is 2.38 bits per heavy atom. The minimum Gasteiger partial charge on any atom is -0.461 e. The molecule has 1 aliphatic rings. The summed E-state index contributed by atoms with van der Waals surface area (Å²) >= 11 is 1.27. The second kappa shape index (κ2) is 14.2. The van der Waals surface area contributed by atoms with Crippen molar-refractivity contribution in [2.45, 2.75) is 97.8 Å². The molecule has 2 heterocycles. The van der Waals surface area contributed by atoms with E-state index in [-0.39, 0.29) is 47.9 Å². The minimum atomic E-state index is -0.672. The van der Waals surface area contributed by atoms with E-state index in [0.717, 1.165) is 25.8 Å². The summed E-state index contributed by atoms with van der Waals surface area (Å²) in [6.07, 6.45) is 2.82. The summed E-state index contributed by atoms with van der Waals surface area (Å²) < 4.78 is 5.06. The molecule has 39 heavy (non-hydrogen) atoms. The lowest BCUT2D eigenvalue weighted by Gasteiger charge is -2.38. The molecule has 10 nitrogen and oxygen atoms in total. The van der Waals surface area contributed by atoms with Crippen LogP contribution in [-0.4, -0.2) is 83.3 Å². The van der Waals surface area contributed by atoms with Crippen molar-refractivity contribution >= 4 is 35.0 Å². The predicted molar refractivity (Wildman–Crippen MR) is 152 cm³/mol. The van der Waals surface area contributed by atoms with E-state index in [0.29, 0.717) is 11.4 Å². The van der Waals surface area contributed by atoms with Gasteiger partial charge in [-0.1, -0.05) is 34.1 Å². The van der Waals surface area contributed by atoms with Crippen molar-refractivity contribution in [1.29, 1.82) is 0 Å². The topological polar surface area (TPSA) is 121 Å². The number of carbonyl (C=O) groups is 4. The fourth-order valence-electron chi connectivity index (χ4n) is 5.08. The third-order valence-electron chi connectivity index (χ3n) is 8.03. The number of aromatic nitrogens is 1. The molecule has 5 atom stereocenters. The maximum atomic E-state index is 14.0. The first-order valence-corrected chi connectivity index (χ1v) is 14.8. The molecule has 0 aromatic carbocycles. The highest BCUT2D eigenvalue weighted by molar-refractivity contribution is 7.09. The Balaban J connectivity index is 2.31. The Kier molecular flexibility index (Phi) is 11.9. The van der Waals surface area contributed by atoms with Gasteiger partial charge in [-0.05, 0) is 58.5 Å². The van der Waals surface area contributed by atoms with Gasteiger partial charge < -0.3 is 20.3 Å². The molecule has 1 saturated heterocycles. The molecule has 3 amide bonds. The summed E-state index contributed by atoms with van der Waals surface area (Å²) in [6.45, 7) is 14.2. The van der Waals surface area contributed by atoms with Crippen molar-refractivity contribution in [1.82, 2.24) is 25.4 Å². The van der Waals surface area contributed by atoms with Crippen LogP contribution in [0.15, 0.2) is 5.38 Å². The Morgan fingerprint density at radius 1 is 1.21 bits per heavy atom. The van der Waals surface area contributed by atoms with Crippen molar-refractivity contribution in [2.24, 2.45) is 11.8 Å². The van der Waals surface area contributed by atoms with Gasteiger partial charge in [0.1, 0.15) is 11.0 Å². The van der Waals surface area contributed by atoms with Crippen molar-refractivity contribution in [3.63, 3.8) is 0 Å². The van der Waals surface area contributed by atoms with Crippen LogP contribution in [0, 0.1) is 11.8 Å². The molecule has 1 aliphatic heterocycles. The van der Waals surface area contributed by atoms with Gasteiger partial charge in [-0.25, -0.2) is 9.78 Å². The second-order valence-electron chi connectivity index (χ2n) is 11.2. The van der Waals surface area contributed by atoms with Gasteiger partial charge in [-0.3, -0.25) is 19.3 Å². The van der Waals surface area contributed by atoms with E-state index in [1.807, 2.05) is 41.7 Å². The van der Waals surface area contributed by atoms with Gasteiger partial charge in [-0.15, -0.1) is 11.3 Å². The maximum absolute atomic E-state index is 14.0. The number of carbonyl (C=O) groups excluding carboxylic acids is 4. The molecule has 0 aliphatic carbocycles. The zero-order valence-electron chi connectivity index (χ0n) is 25.0. The summed E-state index contributed by atoms with van der Waals surface area (Å²) in [4.78, 5) is 59.9. The lowest BCUT2D eigenvalue weighted by molar-refractivity contribution is -0.142. The molecule has 220 valence electrons. The van der Waals surface area contributed by atoms with Gasteiger partial charge in [-0.2, -0.15) is 0 Å². The number of amides is 3. The minimum absolute atomic E-state index is 0.0477. The number of ether oxygens (including phenoxy) is 1. The van der Waals surface area contributed by atoms with Crippen LogP contribution in [0.2, 0.25) is 0 Å². The number of thiazole rings is 1. The molecule has 0 saturated carbocycles. The number of hydrogen-bond acceptors (Lipinski definition) is 8. The number of likely N-dealkylation sites (N-methyl/N-ethyl adjacent to an activating group) is 2. The predicted octanol–water partition coefficient (Wildman–Crippen LogP) is 3.39. The molecule has 2 rings (SSSR count). The van der Waals surface area contributed by atoms with Crippen LogP contribution in [0.1, 0.15) is 95.7 Å². The van der Waals surface area contributed by atoms with Crippen LogP contribution in [0.4, 0.5) is 0 Å². The van der Waals surface area contributed by atoms with E-state index in [1.54, 1.807) is 24.3 Å². The molecule has 11 heteroatoms. The second-order valence-corrected chi connectivity index (χ2v) is 12.1. The van der Waals surface area contributed by atoms with Gasteiger partial charge in [0, 0.05) is 25.4 Å². The summed E-state index contributed by atoms with van der Waals surface area (Å²) in [5.74, 6) is -1.04. The largest absolute Gasteiger partial charge is 0.461 e. The van der Waals surface area contributed by atoms with Gasteiger partial charge in [0.2, 0.25) is 17.7 Å². The smallest absolute Gasteiger partial charge is 0.357 e. The van der Waals surface area contributed by atoms with Gasteiger partial charge in [0.15, 0.2) is 5.69 Å². The SMILES string of the molecule is CCOC(=O)c1csc([C@@H](C[C@H](C(C)C)N(C)C(=O)[C@@H](NC(=O)[C@@]2(C)CCCN2C)C(C)CC)NC(C)=O)n1. The lowest BCUT2D eigenvalue weighted by atomic mass is 9.91. The Hall–Kier alpha value is -2.53. The number of hydrogen-bond donors (Lipinski definition) is 2. The van der Waals surface area contributed by atoms with E-state index in [2.05, 4.69) is 20.5 Å². The normalized spacial score (nSPS) is 20.7. The molecule has 1 aromatic heterocycles. The van der Waals surface area contributed by atoms with Crippen molar-refractivity contribution < 1.29 is 23.9 Å². The van der Waals surface area contributed by atoms with Crippen molar-refractivity contribution in [2.75, 3.05) is 27.2 Å². The molecule has 0 bridgehead atoms. The number of likely N-dealkylation sites (tertiary alicyclic amines) is 1. The summed E-state index contributed by atoms with van der Waals surface area (Å²) in [7, 11) is 3.70.